The van der Waals surface area contributed by atoms with Gasteiger partial charge in [0.1, 0.15) is 0 Å². The highest BCUT2D eigenvalue weighted by molar-refractivity contribution is 6.30. The Labute approximate surface area is 170 Å². The Morgan fingerprint density at radius 2 is 1.71 bits per heavy atom. The van der Waals surface area contributed by atoms with E-state index >= 15 is 0 Å². The fourth-order valence-electron chi connectivity index (χ4n) is 3.47. The van der Waals surface area contributed by atoms with Crippen molar-refractivity contribution < 1.29 is 9.59 Å². The summed E-state index contributed by atoms with van der Waals surface area (Å²) in [5, 5.41) is 3.67. The molecule has 0 atom stereocenters. The first-order valence-electron chi connectivity index (χ1n) is 9.76. The van der Waals surface area contributed by atoms with Crippen molar-refractivity contribution >= 4 is 29.1 Å². The Kier molecular flexibility index (Phi) is 5.53. The molecule has 5 nitrogen and oxygen atoms in total. The van der Waals surface area contributed by atoms with E-state index < -0.39 is 0 Å². The van der Waals surface area contributed by atoms with Gasteiger partial charge in [0.15, 0.2) is 0 Å². The van der Waals surface area contributed by atoms with E-state index in [9.17, 15) is 9.59 Å². The standard InChI is InChI=1S/C22H24ClN3O2/c23-19-2-1-3-20(14-19)25-10-12-26(13-11-25)22(28)18-6-4-16(5-7-18)15-24-21(27)17-8-9-17/h1-7,14,17H,8-13,15H2,(H,24,27). The third-order valence-electron chi connectivity index (χ3n) is 5.36. The zero-order valence-corrected chi connectivity index (χ0v) is 16.5. The number of hydrogen-bond donors (Lipinski definition) is 1. The third-order valence-corrected chi connectivity index (χ3v) is 5.59. The number of hydrogen-bond acceptors (Lipinski definition) is 3. The minimum Gasteiger partial charge on any atom is -0.368 e. The van der Waals surface area contributed by atoms with E-state index in [1.807, 2.05) is 53.4 Å². The summed E-state index contributed by atoms with van der Waals surface area (Å²) in [6.07, 6.45) is 2.01. The number of carbonyl (C=O) groups excluding carboxylic acids is 2. The normalized spacial score (nSPS) is 16.8. The lowest BCUT2D eigenvalue weighted by molar-refractivity contribution is -0.122. The third kappa shape index (κ3) is 4.47. The second-order valence-electron chi connectivity index (χ2n) is 7.45. The number of amides is 2. The summed E-state index contributed by atoms with van der Waals surface area (Å²) in [5.41, 5.74) is 2.79. The second-order valence-corrected chi connectivity index (χ2v) is 7.88. The van der Waals surface area contributed by atoms with Crippen LogP contribution in [0.4, 0.5) is 5.69 Å². The zero-order chi connectivity index (χ0) is 19.5. The molecule has 146 valence electrons. The lowest BCUT2D eigenvalue weighted by atomic mass is 10.1. The number of piperazine rings is 1. The van der Waals surface area contributed by atoms with Gasteiger partial charge < -0.3 is 15.1 Å². The number of rotatable bonds is 5. The Morgan fingerprint density at radius 3 is 2.36 bits per heavy atom. The summed E-state index contributed by atoms with van der Waals surface area (Å²) in [6, 6.07) is 15.4. The molecular formula is C22H24ClN3O2. The Hall–Kier alpha value is -2.53. The Balaban J connectivity index is 1.30. The molecule has 2 aromatic rings. The number of nitrogens with zero attached hydrogens (tertiary/aromatic N) is 2. The molecule has 0 bridgehead atoms. The van der Waals surface area contributed by atoms with E-state index in [0.717, 1.165) is 42.2 Å². The predicted molar refractivity (Wildman–Crippen MR) is 111 cm³/mol. The van der Waals surface area contributed by atoms with E-state index in [1.54, 1.807) is 0 Å². The molecule has 6 heteroatoms. The van der Waals surface area contributed by atoms with E-state index in [4.69, 9.17) is 11.6 Å². The summed E-state index contributed by atoms with van der Waals surface area (Å²) in [4.78, 5) is 28.7. The summed E-state index contributed by atoms with van der Waals surface area (Å²) in [7, 11) is 0. The van der Waals surface area contributed by atoms with Crippen LogP contribution in [0, 0.1) is 5.92 Å². The van der Waals surface area contributed by atoms with Crippen LogP contribution in [0.5, 0.6) is 0 Å². The molecule has 4 rings (SSSR count). The van der Waals surface area contributed by atoms with Crippen LogP contribution in [-0.4, -0.2) is 42.9 Å². The fourth-order valence-corrected chi connectivity index (χ4v) is 3.65. The molecule has 1 aliphatic heterocycles. The maximum atomic E-state index is 12.8. The molecule has 2 aromatic carbocycles. The molecule has 1 N–H and O–H groups in total. The Bertz CT molecular complexity index is 856. The van der Waals surface area contributed by atoms with Crippen LogP contribution in [0.1, 0.15) is 28.8 Å². The van der Waals surface area contributed by atoms with Crippen LogP contribution >= 0.6 is 11.6 Å². The molecule has 1 heterocycles. The number of carbonyl (C=O) groups is 2. The van der Waals surface area contributed by atoms with Crippen LogP contribution in [-0.2, 0) is 11.3 Å². The minimum absolute atomic E-state index is 0.0549. The minimum atomic E-state index is 0.0549. The van der Waals surface area contributed by atoms with Crippen molar-refractivity contribution in [3.8, 4) is 0 Å². The van der Waals surface area contributed by atoms with Crippen molar-refractivity contribution in [1.82, 2.24) is 10.2 Å². The predicted octanol–water partition coefficient (Wildman–Crippen LogP) is 3.33. The Morgan fingerprint density at radius 1 is 1.00 bits per heavy atom. The average molecular weight is 398 g/mol. The number of halogens is 1. The van der Waals surface area contributed by atoms with Crippen LogP contribution < -0.4 is 10.2 Å². The van der Waals surface area contributed by atoms with Gasteiger partial charge in [-0.25, -0.2) is 0 Å². The molecule has 0 spiro atoms. The lowest BCUT2D eigenvalue weighted by Crippen LogP contribution is -2.48. The van der Waals surface area contributed by atoms with Crippen LogP contribution in [0.15, 0.2) is 48.5 Å². The van der Waals surface area contributed by atoms with Crippen molar-refractivity contribution in [2.45, 2.75) is 19.4 Å². The second kappa shape index (κ2) is 8.23. The van der Waals surface area contributed by atoms with Crippen molar-refractivity contribution in [2.24, 2.45) is 5.92 Å². The maximum absolute atomic E-state index is 12.8. The smallest absolute Gasteiger partial charge is 0.253 e. The highest BCUT2D eigenvalue weighted by atomic mass is 35.5. The summed E-state index contributed by atoms with van der Waals surface area (Å²) >= 11 is 6.08. The monoisotopic (exact) mass is 397 g/mol. The zero-order valence-electron chi connectivity index (χ0n) is 15.7. The number of nitrogens with one attached hydrogen (secondary N) is 1. The van der Waals surface area contributed by atoms with Gasteiger partial charge in [-0.2, -0.15) is 0 Å². The average Bonchev–Trinajstić information content (AvgIpc) is 3.57. The van der Waals surface area contributed by atoms with Crippen LogP contribution in [0.3, 0.4) is 0 Å². The fraction of sp³-hybridized carbons (Fsp3) is 0.364. The van der Waals surface area contributed by atoms with E-state index in [2.05, 4.69) is 10.2 Å². The van der Waals surface area contributed by atoms with Crippen LogP contribution in [0.25, 0.3) is 0 Å². The van der Waals surface area contributed by atoms with E-state index in [1.165, 1.54) is 0 Å². The highest BCUT2D eigenvalue weighted by Gasteiger charge is 2.29. The molecule has 2 fully saturated rings. The first kappa shape index (κ1) is 18.8. The van der Waals surface area contributed by atoms with Gasteiger partial charge in [-0.1, -0.05) is 29.8 Å². The number of benzene rings is 2. The highest BCUT2D eigenvalue weighted by Crippen LogP contribution is 2.28. The molecule has 2 aliphatic rings. The van der Waals surface area contributed by atoms with Gasteiger partial charge >= 0.3 is 0 Å². The maximum Gasteiger partial charge on any atom is 0.253 e. The van der Waals surface area contributed by atoms with Gasteiger partial charge in [0.25, 0.3) is 5.91 Å². The first-order chi connectivity index (χ1) is 13.6. The van der Waals surface area contributed by atoms with E-state index in [-0.39, 0.29) is 17.7 Å². The van der Waals surface area contributed by atoms with Gasteiger partial charge in [-0.15, -0.1) is 0 Å². The van der Waals surface area contributed by atoms with Gasteiger partial charge in [-0.3, -0.25) is 9.59 Å². The lowest BCUT2D eigenvalue weighted by Gasteiger charge is -2.36. The summed E-state index contributed by atoms with van der Waals surface area (Å²) < 4.78 is 0. The first-order valence-corrected chi connectivity index (χ1v) is 10.1. The summed E-state index contributed by atoms with van der Waals surface area (Å²) in [6.45, 7) is 3.46. The van der Waals surface area contributed by atoms with Crippen molar-refractivity contribution in [3.05, 3.63) is 64.7 Å². The molecule has 1 saturated carbocycles. The topological polar surface area (TPSA) is 52.7 Å². The van der Waals surface area contributed by atoms with E-state index in [0.29, 0.717) is 25.2 Å². The van der Waals surface area contributed by atoms with Crippen molar-refractivity contribution in [1.29, 1.82) is 0 Å². The molecule has 28 heavy (non-hydrogen) atoms. The molecule has 2 amide bonds. The van der Waals surface area contributed by atoms with Crippen LogP contribution in [0.2, 0.25) is 5.02 Å². The number of anilines is 1. The summed E-state index contributed by atoms with van der Waals surface area (Å²) in [5.74, 6) is 0.406. The van der Waals surface area contributed by atoms with Gasteiger partial charge in [0, 0.05) is 54.9 Å². The van der Waals surface area contributed by atoms with Crippen molar-refractivity contribution in [3.63, 3.8) is 0 Å². The molecule has 0 aromatic heterocycles. The van der Waals surface area contributed by atoms with Crippen molar-refractivity contribution in [2.75, 3.05) is 31.1 Å². The molecule has 0 unspecified atom stereocenters. The van der Waals surface area contributed by atoms with Gasteiger partial charge in [-0.05, 0) is 48.7 Å². The quantitative estimate of drug-likeness (QED) is 0.841. The largest absolute Gasteiger partial charge is 0.368 e. The molecule has 1 aliphatic carbocycles. The van der Waals surface area contributed by atoms with Gasteiger partial charge in [0.05, 0.1) is 0 Å². The molecule has 1 saturated heterocycles. The molecular weight excluding hydrogens is 374 g/mol. The molecule has 0 radical (unpaired) electrons. The SMILES string of the molecule is O=C(NCc1ccc(C(=O)N2CCN(c3cccc(Cl)c3)CC2)cc1)C1CC1. The van der Waals surface area contributed by atoms with Gasteiger partial charge in [0.2, 0.25) is 5.91 Å².